The molecule has 0 saturated heterocycles. The highest BCUT2D eigenvalue weighted by Crippen LogP contribution is 2.31. The summed E-state index contributed by atoms with van der Waals surface area (Å²) >= 11 is 0. The maximum absolute atomic E-state index is 11.7. The van der Waals surface area contributed by atoms with Gasteiger partial charge in [0.2, 0.25) is 0 Å². The molecular formula is C14H14N2O5. The summed E-state index contributed by atoms with van der Waals surface area (Å²) in [4.78, 5) is 22.3. The molecule has 0 atom stereocenters. The summed E-state index contributed by atoms with van der Waals surface area (Å²) in [5, 5.41) is 22.2. The van der Waals surface area contributed by atoms with Gasteiger partial charge in [0, 0.05) is 12.6 Å². The molecule has 1 aromatic carbocycles. The number of nitrogens with one attached hydrogen (secondary N) is 1. The molecular weight excluding hydrogens is 276 g/mol. The predicted octanol–water partition coefficient (Wildman–Crippen LogP) is 1.89. The van der Waals surface area contributed by atoms with Crippen molar-refractivity contribution in [2.45, 2.75) is 6.92 Å². The van der Waals surface area contributed by atoms with Crippen molar-refractivity contribution in [3.05, 3.63) is 51.8 Å². The Bertz CT molecular complexity index is 678. The number of aryl methyl sites for hydroxylation is 1. The fourth-order valence-corrected chi connectivity index (χ4v) is 1.86. The van der Waals surface area contributed by atoms with Crippen LogP contribution in [0.5, 0.6) is 0 Å². The number of amides is 1. The smallest absolute Gasteiger partial charge is 0.287 e. The van der Waals surface area contributed by atoms with E-state index in [1.807, 2.05) is 0 Å². The molecule has 7 heteroatoms. The largest absolute Gasteiger partial charge is 0.451 e. The Kier molecular flexibility index (Phi) is 4.34. The summed E-state index contributed by atoms with van der Waals surface area (Å²) in [5.74, 6) is -0.200. The van der Waals surface area contributed by atoms with Crippen molar-refractivity contribution in [2.24, 2.45) is 0 Å². The number of nitro groups is 1. The zero-order valence-corrected chi connectivity index (χ0v) is 11.3. The molecule has 1 aromatic heterocycles. The zero-order valence-electron chi connectivity index (χ0n) is 11.3. The third-order valence-corrected chi connectivity index (χ3v) is 2.84. The Morgan fingerprint density at radius 1 is 1.38 bits per heavy atom. The van der Waals surface area contributed by atoms with Crippen molar-refractivity contribution in [1.82, 2.24) is 5.32 Å². The van der Waals surface area contributed by atoms with Gasteiger partial charge in [0.25, 0.3) is 11.6 Å². The van der Waals surface area contributed by atoms with Crippen molar-refractivity contribution in [1.29, 1.82) is 0 Å². The fraction of sp³-hybridized carbons (Fsp3) is 0.214. The summed E-state index contributed by atoms with van der Waals surface area (Å²) in [6.45, 7) is 1.69. The normalized spacial score (nSPS) is 10.4. The molecule has 110 valence electrons. The van der Waals surface area contributed by atoms with Crippen LogP contribution in [0.25, 0.3) is 11.3 Å². The van der Waals surface area contributed by atoms with E-state index < -0.39 is 10.8 Å². The summed E-state index contributed by atoms with van der Waals surface area (Å²) in [6, 6.07) is 7.71. The van der Waals surface area contributed by atoms with Gasteiger partial charge in [0.15, 0.2) is 5.76 Å². The molecule has 0 aliphatic rings. The Balaban J connectivity index is 2.34. The standard InChI is InChI=1S/C14H14N2O5/c1-9-2-3-10(11(8-9)16(19)20)12-4-5-13(21-12)14(18)15-6-7-17/h2-5,8,17H,6-7H2,1H3,(H,15,18). The van der Waals surface area contributed by atoms with Crippen LogP contribution in [0.4, 0.5) is 5.69 Å². The van der Waals surface area contributed by atoms with E-state index in [0.29, 0.717) is 5.56 Å². The number of carbonyl (C=O) groups excluding carboxylic acids is 1. The molecule has 1 amide bonds. The van der Waals surface area contributed by atoms with Gasteiger partial charge in [-0.25, -0.2) is 0 Å². The summed E-state index contributed by atoms with van der Waals surface area (Å²) in [6.07, 6.45) is 0. The van der Waals surface area contributed by atoms with Gasteiger partial charge in [0.05, 0.1) is 17.1 Å². The second-order valence-corrected chi connectivity index (χ2v) is 4.42. The molecule has 0 spiro atoms. The number of nitro benzene ring substituents is 1. The van der Waals surface area contributed by atoms with Crippen molar-refractivity contribution < 1.29 is 19.2 Å². The summed E-state index contributed by atoms with van der Waals surface area (Å²) in [7, 11) is 0. The number of furan rings is 1. The topological polar surface area (TPSA) is 106 Å². The van der Waals surface area contributed by atoms with E-state index in [2.05, 4.69) is 5.32 Å². The SMILES string of the molecule is Cc1ccc(-c2ccc(C(=O)NCCO)o2)c([N+](=O)[O-])c1. The van der Waals surface area contributed by atoms with Gasteiger partial charge in [-0.1, -0.05) is 6.07 Å². The van der Waals surface area contributed by atoms with Gasteiger partial charge in [-0.05, 0) is 30.7 Å². The minimum Gasteiger partial charge on any atom is -0.451 e. The summed E-state index contributed by atoms with van der Waals surface area (Å²) < 4.78 is 5.36. The lowest BCUT2D eigenvalue weighted by Crippen LogP contribution is -2.25. The fourth-order valence-electron chi connectivity index (χ4n) is 1.86. The van der Waals surface area contributed by atoms with Crippen molar-refractivity contribution in [2.75, 3.05) is 13.2 Å². The predicted molar refractivity (Wildman–Crippen MR) is 75.0 cm³/mol. The van der Waals surface area contributed by atoms with E-state index in [1.165, 1.54) is 18.2 Å². The summed E-state index contributed by atoms with van der Waals surface area (Å²) in [5.41, 5.74) is 0.997. The van der Waals surface area contributed by atoms with E-state index in [1.54, 1.807) is 19.1 Å². The highest BCUT2D eigenvalue weighted by molar-refractivity contribution is 5.92. The first-order chi connectivity index (χ1) is 10.0. The maximum atomic E-state index is 11.7. The first-order valence-electron chi connectivity index (χ1n) is 6.27. The van der Waals surface area contributed by atoms with Crippen molar-refractivity contribution in [3.63, 3.8) is 0 Å². The maximum Gasteiger partial charge on any atom is 0.287 e. The van der Waals surface area contributed by atoms with Gasteiger partial charge < -0.3 is 14.8 Å². The number of aliphatic hydroxyl groups excluding tert-OH is 1. The monoisotopic (exact) mass is 290 g/mol. The number of aliphatic hydroxyl groups is 1. The number of benzene rings is 1. The van der Waals surface area contributed by atoms with Gasteiger partial charge in [0.1, 0.15) is 5.76 Å². The van der Waals surface area contributed by atoms with Crippen LogP contribution in [-0.4, -0.2) is 29.1 Å². The molecule has 2 N–H and O–H groups in total. The van der Waals surface area contributed by atoms with Crippen LogP contribution in [0, 0.1) is 17.0 Å². The Morgan fingerprint density at radius 3 is 2.81 bits per heavy atom. The average molecular weight is 290 g/mol. The van der Waals surface area contributed by atoms with Crippen LogP contribution in [0.15, 0.2) is 34.7 Å². The first kappa shape index (κ1) is 14.7. The molecule has 21 heavy (non-hydrogen) atoms. The number of hydrogen-bond acceptors (Lipinski definition) is 5. The van der Waals surface area contributed by atoms with Crippen LogP contribution >= 0.6 is 0 Å². The molecule has 0 aliphatic carbocycles. The number of nitrogens with zero attached hydrogens (tertiary/aromatic N) is 1. The van der Waals surface area contributed by atoms with Gasteiger partial charge in [-0.15, -0.1) is 0 Å². The van der Waals surface area contributed by atoms with Crippen LogP contribution in [-0.2, 0) is 0 Å². The molecule has 0 saturated carbocycles. The second-order valence-electron chi connectivity index (χ2n) is 4.42. The van der Waals surface area contributed by atoms with Crippen LogP contribution in [0.1, 0.15) is 16.1 Å². The molecule has 0 fully saturated rings. The zero-order chi connectivity index (χ0) is 15.4. The number of carbonyl (C=O) groups is 1. The molecule has 2 aromatic rings. The Morgan fingerprint density at radius 2 is 2.14 bits per heavy atom. The third-order valence-electron chi connectivity index (χ3n) is 2.84. The molecule has 0 bridgehead atoms. The molecule has 7 nitrogen and oxygen atoms in total. The molecule has 2 rings (SSSR count). The molecule has 0 unspecified atom stereocenters. The highest BCUT2D eigenvalue weighted by Gasteiger charge is 2.19. The lowest BCUT2D eigenvalue weighted by Gasteiger charge is -2.02. The van der Waals surface area contributed by atoms with E-state index in [-0.39, 0.29) is 30.4 Å². The highest BCUT2D eigenvalue weighted by atomic mass is 16.6. The number of hydrogen-bond donors (Lipinski definition) is 2. The molecule has 1 heterocycles. The average Bonchev–Trinajstić information content (AvgIpc) is 2.94. The minimum atomic E-state index is -0.490. The van der Waals surface area contributed by atoms with E-state index in [0.717, 1.165) is 5.56 Å². The van der Waals surface area contributed by atoms with Crippen LogP contribution < -0.4 is 5.32 Å². The second kappa shape index (κ2) is 6.19. The van der Waals surface area contributed by atoms with Gasteiger partial charge >= 0.3 is 0 Å². The van der Waals surface area contributed by atoms with Gasteiger partial charge in [-0.2, -0.15) is 0 Å². The van der Waals surface area contributed by atoms with E-state index in [9.17, 15) is 14.9 Å². The lowest BCUT2D eigenvalue weighted by molar-refractivity contribution is -0.384. The Labute approximate surface area is 120 Å². The number of rotatable bonds is 5. The van der Waals surface area contributed by atoms with Crippen molar-refractivity contribution >= 4 is 11.6 Å². The van der Waals surface area contributed by atoms with Crippen molar-refractivity contribution in [3.8, 4) is 11.3 Å². The Hall–Kier alpha value is -2.67. The molecule has 0 radical (unpaired) electrons. The van der Waals surface area contributed by atoms with Crippen LogP contribution in [0.2, 0.25) is 0 Å². The quantitative estimate of drug-likeness (QED) is 0.646. The third kappa shape index (κ3) is 3.26. The van der Waals surface area contributed by atoms with E-state index >= 15 is 0 Å². The van der Waals surface area contributed by atoms with Gasteiger partial charge in [-0.3, -0.25) is 14.9 Å². The minimum absolute atomic E-state index is 0.0355. The van der Waals surface area contributed by atoms with Crippen LogP contribution in [0.3, 0.4) is 0 Å². The molecule has 0 aliphatic heterocycles. The van der Waals surface area contributed by atoms with E-state index in [4.69, 9.17) is 9.52 Å². The first-order valence-corrected chi connectivity index (χ1v) is 6.27. The lowest BCUT2D eigenvalue weighted by atomic mass is 10.1.